The number of piperazine rings is 1. The van der Waals surface area contributed by atoms with Crippen molar-refractivity contribution in [3.8, 4) is 11.5 Å². The molecule has 1 amide bonds. The van der Waals surface area contributed by atoms with E-state index in [1.807, 2.05) is 43.3 Å². The highest BCUT2D eigenvalue weighted by molar-refractivity contribution is 5.89. The number of nitrogens with zero attached hydrogens (tertiary/aromatic N) is 6. The predicted octanol–water partition coefficient (Wildman–Crippen LogP) is 5.22. The average molecular weight is 582 g/mol. The fourth-order valence-electron chi connectivity index (χ4n) is 5.94. The van der Waals surface area contributed by atoms with E-state index in [9.17, 15) is 4.79 Å². The first-order valence-corrected chi connectivity index (χ1v) is 14.8. The molecule has 2 atom stereocenters. The van der Waals surface area contributed by atoms with Gasteiger partial charge in [-0.05, 0) is 64.8 Å². The number of allylic oxidation sites excluding steroid dienone is 1. The van der Waals surface area contributed by atoms with E-state index in [0.29, 0.717) is 43.5 Å². The molecule has 1 saturated heterocycles. The molecule has 6 rings (SSSR count). The number of imidazole rings is 1. The van der Waals surface area contributed by atoms with Crippen molar-refractivity contribution in [2.45, 2.75) is 66.7 Å². The third kappa shape index (κ3) is 6.00. The highest BCUT2D eigenvalue weighted by Crippen LogP contribution is 2.33. The second-order valence-corrected chi connectivity index (χ2v) is 12.0. The summed E-state index contributed by atoms with van der Waals surface area (Å²) in [5, 5.41) is 3.52. The Morgan fingerprint density at radius 2 is 1.74 bits per heavy atom. The maximum atomic E-state index is 12.9. The van der Waals surface area contributed by atoms with Gasteiger partial charge in [0.2, 0.25) is 18.6 Å². The maximum absolute atomic E-state index is 12.9. The molecular weight excluding hydrogens is 542 g/mol. The number of benzene rings is 2. The van der Waals surface area contributed by atoms with Gasteiger partial charge in [0.15, 0.2) is 28.5 Å². The molecule has 1 N–H and O–H groups in total. The largest absolute Gasteiger partial charge is 0.454 e. The van der Waals surface area contributed by atoms with E-state index in [4.69, 9.17) is 24.4 Å². The van der Waals surface area contributed by atoms with Gasteiger partial charge in [-0.3, -0.25) is 4.79 Å². The van der Waals surface area contributed by atoms with Gasteiger partial charge in [-0.2, -0.15) is 9.97 Å². The van der Waals surface area contributed by atoms with Crippen molar-refractivity contribution in [3.05, 3.63) is 76.6 Å². The SMILES string of the molecule is CC(C)=CC(=O)N1CC(C)N(c2nc(NCc3ccc4c(c3)OCO4)c3ncn(Cc4cc(C)cc(C)c4)c3n2)CC1C. The molecule has 2 aromatic carbocycles. The lowest BCUT2D eigenvalue weighted by atomic mass is 10.1. The Bertz CT molecular complexity index is 1690. The van der Waals surface area contributed by atoms with E-state index in [0.717, 1.165) is 28.3 Å². The van der Waals surface area contributed by atoms with Gasteiger partial charge in [0.05, 0.1) is 12.9 Å². The number of fused-ring (bicyclic) bond motifs is 2. The van der Waals surface area contributed by atoms with Crippen LogP contribution in [0.5, 0.6) is 11.5 Å². The zero-order valence-corrected chi connectivity index (χ0v) is 25.7. The summed E-state index contributed by atoms with van der Waals surface area (Å²) in [5.74, 6) is 2.84. The van der Waals surface area contributed by atoms with E-state index in [1.54, 1.807) is 6.08 Å². The zero-order valence-electron chi connectivity index (χ0n) is 25.7. The first-order valence-electron chi connectivity index (χ1n) is 14.8. The van der Waals surface area contributed by atoms with Gasteiger partial charge >= 0.3 is 0 Å². The first-order chi connectivity index (χ1) is 20.6. The lowest BCUT2D eigenvalue weighted by Gasteiger charge is -2.43. The van der Waals surface area contributed by atoms with Crippen LogP contribution < -0.4 is 19.7 Å². The molecule has 10 heteroatoms. The van der Waals surface area contributed by atoms with Crippen molar-refractivity contribution in [1.82, 2.24) is 24.4 Å². The lowest BCUT2D eigenvalue weighted by Crippen LogP contribution is -2.58. The molecule has 4 aromatic rings. The number of carbonyl (C=O) groups is 1. The number of anilines is 2. The van der Waals surface area contributed by atoms with Crippen molar-refractivity contribution in [1.29, 1.82) is 0 Å². The zero-order chi connectivity index (χ0) is 30.2. The summed E-state index contributed by atoms with van der Waals surface area (Å²) in [6.45, 7) is 15.0. The van der Waals surface area contributed by atoms with Gasteiger partial charge in [-0.25, -0.2) is 4.98 Å². The van der Waals surface area contributed by atoms with Crippen LogP contribution in [0.3, 0.4) is 0 Å². The molecular formula is C33H39N7O3. The molecule has 43 heavy (non-hydrogen) atoms. The van der Waals surface area contributed by atoms with E-state index in [2.05, 4.69) is 60.7 Å². The third-order valence-corrected chi connectivity index (χ3v) is 7.92. The van der Waals surface area contributed by atoms with Crippen LogP contribution in [-0.4, -0.2) is 62.3 Å². The monoisotopic (exact) mass is 581 g/mol. The smallest absolute Gasteiger partial charge is 0.246 e. The maximum Gasteiger partial charge on any atom is 0.246 e. The van der Waals surface area contributed by atoms with E-state index in [1.165, 1.54) is 16.7 Å². The van der Waals surface area contributed by atoms with E-state index in [-0.39, 0.29) is 24.8 Å². The lowest BCUT2D eigenvalue weighted by molar-refractivity contribution is -0.128. The normalized spacial score (nSPS) is 17.8. The number of nitrogens with one attached hydrogen (secondary N) is 1. The van der Waals surface area contributed by atoms with Crippen LogP contribution >= 0.6 is 0 Å². The minimum atomic E-state index is 0.00354. The molecule has 1 fully saturated rings. The number of aryl methyl sites for hydroxylation is 2. The number of ether oxygens (including phenoxy) is 2. The van der Waals surface area contributed by atoms with Crippen LogP contribution in [0.15, 0.2) is 54.4 Å². The fourth-order valence-corrected chi connectivity index (χ4v) is 5.94. The standard InChI is InChI=1S/C33H39N7O3/c1-20(2)9-29(41)39-15-24(6)40(16-23(39)5)33-36-31(34-14-25-7-8-27-28(13-25)43-19-42-27)30-32(37-33)38(18-35-30)17-26-11-21(3)10-22(4)12-26/h7-13,18,23-24H,14-17,19H2,1-6H3,(H,34,36,37). The molecule has 0 radical (unpaired) electrons. The van der Waals surface area contributed by atoms with E-state index < -0.39 is 0 Å². The molecule has 2 aromatic heterocycles. The van der Waals surface area contributed by atoms with Gasteiger partial charge in [0, 0.05) is 37.8 Å². The Morgan fingerprint density at radius 1 is 0.977 bits per heavy atom. The molecule has 0 aliphatic carbocycles. The van der Waals surface area contributed by atoms with Gasteiger partial charge in [0.25, 0.3) is 0 Å². The quantitative estimate of drug-likeness (QED) is 0.297. The summed E-state index contributed by atoms with van der Waals surface area (Å²) in [4.78, 5) is 31.9. The number of aromatic nitrogens is 4. The van der Waals surface area contributed by atoms with Crippen molar-refractivity contribution in [2.75, 3.05) is 30.1 Å². The molecule has 224 valence electrons. The van der Waals surface area contributed by atoms with Crippen LogP contribution in [-0.2, 0) is 17.9 Å². The molecule has 2 aliphatic heterocycles. The van der Waals surface area contributed by atoms with Crippen LogP contribution in [0.4, 0.5) is 11.8 Å². The Hall–Kier alpha value is -4.60. The summed E-state index contributed by atoms with van der Waals surface area (Å²) in [6, 6.07) is 12.5. The van der Waals surface area contributed by atoms with Gasteiger partial charge in [-0.1, -0.05) is 41.0 Å². The van der Waals surface area contributed by atoms with Crippen molar-refractivity contribution < 1.29 is 14.3 Å². The second kappa shape index (κ2) is 11.6. The Balaban J connectivity index is 1.34. The van der Waals surface area contributed by atoms with Gasteiger partial charge in [0.1, 0.15) is 0 Å². The summed E-state index contributed by atoms with van der Waals surface area (Å²) in [6.07, 6.45) is 3.56. The van der Waals surface area contributed by atoms with Gasteiger partial charge < -0.3 is 29.2 Å². The molecule has 2 aliphatic rings. The number of hydrogen-bond donors (Lipinski definition) is 1. The number of amides is 1. The molecule has 0 bridgehead atoms. The third-order valence-electron chi connectivity index (χ3n) is 7.92. The summed E-state index contributed by atoms with van der Waals surface area (Å²) in [7, 11) is 0. The highest BCUT2D eigenvalue weighted by Gasteiger charge is 2.33. The van der Waals surface area contributed by atoms with Crippen LogP contribution in [0.2, 0.25) is 0 Å². The second-order valence-electron chi connectivity index (χ2n) is 12.0. The Morgan fingerprint density at radius 3 is 2.51 bits per heavy atom. The van der Waals surface area contributed by atoms with Gasteiger partial charge in [-0.15, -0.1) is 0 Å². The number of rotatable bonds is 7. The van der Waals surface area contributed by atoms with Crippen LogP contribution in [0, 0.1) is 13.8 Å². The van der Waals surface area contributed by atoms with E-state index >= 15 is 0 Å². The molecule has 0 spiro atoms. The minimum Gasteiger partial charge on any atom is -0.454 e. The predicted molar refractivity (Wildman–Crippen MR) is 168 cm³/mol. The first kappa shape index (κ1) is 28.5. The minimum absolute atomic E-state index is 0.00354. The summed E-state index contributed by atoms with van der Waals surface area (Å²) in [5.41, 5.74) is 7.16. The molecule has 2 unspecified atom stereocenters. The highest BCUT2D eigenvalue weighted by atomic mass is 16.7. The topological polar surface area (TPSA) is 97.6 Å². The van der Waals surface area contributed by atoms with Crippen LogP contribution in [0.25, 0.3) is 11.2 Å². The molecule has 4 heterocycles. The summed E-state index contributed by atoms with van der Waals surface area (Å²) >= 11 is 0. The summed E-state index contributed by atoms with van der Waals surface area (Å²) < 4.78 is 13.1. The van der Waals surface area contributed by atoms with Crippen LogP contribution in [0.1, 0.15) is 49.9 Å². The molecule has 0 saturated carbocycles. The Labute approximate surface area is 252 Å². The van der Waals surface area contributed by atoms with Crippen molar-refractivity contribution >= 4 is 28.8 Å². The average Bonchev–Trinajstić information content (AvgIpc) is 3.58. The van der Waals surface area contributed by atoms with Crippen molar-refractivity contribution in [2.24, 2.45) is 0 Å². The number of hydrogen-bond acceptors (Lipinski definition) is 8. The fraction of sp³-hybridized carbons (Fsp3) is 0.394. The number of carbonyl (C=O) groups excluding carboxylic acids is 1. The molecule has 10 nitrogen and oxygen atoms in total. The Kier molecular flexibility index (Phi) is 7.68. The van der Waals surface area contributed by atoms with Crippen molar-refractivity contribution in [3.63, 3.8) is 0 Å².